The number of benzene rings is 2. The third-order valence-electron chi connectivity index (χ3n) is 6.24. The average Bonchev–Trinajstić information content (AvgIpc) is 2.89. The fourth-order valence-corrected chi connectivity index (χ4v) is 4.51. The molecule has 0 saturated carbocycles. The number of amides is 1. The van der Waals surface area contributed by atoms with E-state index < -0.39 is 48.0 Å². The lowest BCUT2D eigenvalue weighted by Crippen LogP contribution is -2.59. The third-order valence-corrected chi connectivity index (χ3v) is 6.24. The molecule has 1 amide bonds. The molecule has 2 aromatic carbocycles. The maximum absolute atomic E-state index is 13.3. The van der Waals surface area contributed by atoms with E-state index in [4.69, 9.17) is 15.2 Å². The van der Waals surface area contributed by atoms with Crippen LogP contribution in [0.4, 0.5) is 4.79 Å². The van der Waals surface area contributed by atoms with Crippen LogP contribution in [0.3, 0.4) is 0 Å². The first-order valence-corrected chi connectivity index (χ1v) is 12.2. The van der Waals surface area contributed by atoms with Gasteiger partial charge in [0.15, 0.2) is 5.78 Å². The minimum absolute atomic E-state index is 0.00600. The van der Waals surface area contributed by atoms with Crippen molar-refractivity contribution in [3.63, 3.8) is 0 Å². The highest BCUT2D eigenvalue weighted by atomic mass is 16.5. The van der Waals surface area contributed by atoms with Gasteiger partial charge in [-0.25, -0.2) is 4.79 Å². The number of carboxylic acids is 1. The molecule has 37 heavy (non-hydrogen) atoms. The van der Waals surface area contributed by atoms with E-state index >= 15 is 0 Å². The molecule has 3 unspecified atom stereocenters. The van der Waals surface area contributed by atoms with E-state index in [2.05, 4.69) is 5.32 Å². The molecule has 1 aliphatic rings. The van der Waals surface area contributed by atoms with E-state index in [-0.39, 0.29) is 32.6 Å². The first-order chi connectivity index (χ1) is 17.7. The molecule has 0 radical (unpaired) electrons. The minimum atomic E-state index is -1.18. The standard InChI is InChI=1S/C27H33N3O7/c1-3-36-26(34)21(13-14-29-27(35)37-16-18-9-5-4-6-10-18)30-22(25(32)33)15-19-11-7-8-12-20(19)23(30)24(31)17(2)28/h4-12,17,21-23H,3,13-16,28H2,1-2H3,(H,29,35)(H,32,33)/t17-,21?,22?,23?/m0/s1. The van der Waals surface area contributed by atoms with Gasteiger partial charge in [0.25, 0.3) is 0 Å². The number of carbonyl (C=O) groups excluding carboxylic acids is 3. The first kappa shape index (κ1) is 27.8. The number of aliphatic carboxylic acids is 1. The van der Waals surface area contributed by atoms with Gasteiger partial charge in [0, 0.05) is 6.54 Å². The van der Waals surface area contributed by atoms with E-state index in [1.54, 1.807) is 31.2 Å². The highest BCUT2D eigenvalue weighted by molar-refractivity contribution is 5.92. The lowest BCUT2D eigenvalue weighted by Gasteiger charge is -2.44. The van der Waals surface area contributed by atoms with Crippen molar-refractivity contribution in [2.75, 3.05) is 13.2 Å². The Kier molecular flexibility index (Phi) is 9.76. The average molecular weight is 512 g/mol. The molecule has 1 heterocycles. The second kappa shape index (κ2) is 13.0. The summed E-state index contributed by atoms with van der Waals surface area (Å²) in [5.74, 6) is -2.28. The number of esters is 1. The Labute approximate surface area is 215 Å². The molecule has 0 spiro atoms. The second-order valence-corrected chi connectivity index (χ2v) is 8.84. The zero-order chi connectivity index (χ0) is 26.9. The molecule has 10 nitrogen and oxygen atoms in total. The summed E-state index contributed by atoms with van der Waals surface area (Å²) in [5.41, 5.74) is 8.07. The predicted octanol–water partition coefficient (Wildman–Crippen LogP) is 2.20. The number of nitrogens with zero attached hydrogens (tertiary/aromatic N) is 1. The highest BCUT2D eigenvalue weighted by Crippen LogP contribution is 2.37. The van der Waals surface area contributed by atoms with E-state index in [1.807, 2.05) is 30.3 Å². The fraction of sp³-hybridized carbons (Fsp3) is 0.407. The molecule has 4 atom stereocenters. The number of ether oxygens (including phenoxy) is 2. The molecule has 0 saturated heterocycles. The molecular weight excluding hydrogens is 478 g/mol. The summed E-state index contributed by atoms with van der Waals surface area (Å²) in [5, 5.41) is 12.7. The Morgan fingerprint density at radius 1 is 1.08 bits per heavy atom. The van der Waals surface area contributed by atoms with Crippen molar-refractivity contribution in [3.8, 4) is 0 Å². The fourth-order valence-electron chi connectivity index (χ4n) is 4.51. The van der Waals surface area contributed by atoms with Crippen molar-refractivity contribution < 1.29 is 33.8 Å². The number of Topliss-reactive ketones (excluding diaryl/α,β-unsaturated/α-hetero) is 1. The minimum Gasteiger partial charge on any atom is -0.480 e. The number of carboxylic acid groups (broad SMARTS) is 1. The van der Waals surface area contributed by atoms with Crippen LogP contribution >= 0.6 is 0 Å². The van der Waals surface area contributed by atoms with Gasteiger partial charge in [0.05, 0.1) is 18.7 Å². The van der Waals surface area contributed by atoms with Gasteiger partial charge in [0.2, 0.25) is 0 Å². The van der Waals surface area contributed by atoms with Crippen LogP contribution in [-0.4, -0.2) is 65.1 Å². The zero-order valence-electron chi connectivity index (χ0n) is 21.0. The van der Waals surface area contributed by atoms with Crippen molar-refractivity contribution in [3.05, 3.63) is 71.3 Å². The molecule has 1 aliphatic heterocycles. The van der Waals surface area contributed by atoms with E-state index in [0.29, 0.717) is 11.1 Å². The normalized spacial score (nSPS) is 18.7. The van der Waals surface area contributed by atoms with E-state index in [1.165, 1.54) is 11.8 Å². The second-order valence-electron chi connectivity index (χ2n) is 8.84. The number of nitrogens with one attached hydrogen (secondary N) is 1. The van der Waals surface area contributed by atoms with Gasteiger partial charge in [-0.15, -0.1) is 0 Å². The van der Waals surface area contributed by atoms with Crippen LogP contribution < -0.4 is 11.1 Å². The summed E-state index contributed by atoms with van der Waals surface area (Å²) in [6, 6.07) is 11.9. The molecular formula is C27H33N3O7. The zero-order valence-corrected chi connectivity index (χ0v) is 21.0. The maximum atomic E-state index is 13.3. The molecule has 3 rings (SSSR count). The van der Waals surface area contributed by atoms with Crippen LogP contribution in [0.15, 0.2) is 54.6 Å². The summed E-state index contributed by atoms with van der Waals surface area (Å²) in [4.78, 5) is 52.4. The number of fused-ring (bicyclic) bond motifs is 1. The summed E-state index contributed by atoms with van der Waals surface area (Å²) in [6.45, 7) is 3.29. The number of carbonyl (C=O) groups is 4. The van der Waals surface area contributed by atoms with Crippen LogP contribution in [0.2, 0.25) is 0 Å². The first-order valence-electron chi connectivity index (χ1n) is 12.2. The van der Waals surface area contributed by atoms with Gasteiger partial charge in [-0.3, -0.25) is 19.3 Å². The molecule has 0 bridgehead atoms. The Morgan fingerprint density at radius 3 is 2.41 bits per heavy atom. The topological polar surface area (TPSA) is 148 Å². The number of hydrogen-bond acceptors (Lipinski definition) is 8. The predicted molar refractivity (Wildman–Crippen MR) is 134 cm³/mol. The van der Waals surface area contributed by atoms with Crippen LogP contribution in [0, 0.1) is 0 Å². The molecule has 0 aromatic heterocycles. The van der Waals surface area contributed by atoms with Gasteiger partial charge in [-0.2, -0.15) is 0 Å². The third kappa shape index (κ3) is 6.93. The summed E-state index contributed by atoms with van der Waals surface area (Å²) in [7, 11) is 0. The molecule has 0 fully saturated rings. The van der Waals surface area contributed by atoms with Gasteiger partial charge >= 0.3 is 18.0 Å². The molecule has 4 N–H and O–H groups in total. The van der Waals surface area contributed by atoms with Crippen molar-refractivity contribution in [2.45, 2.75) is 57.5 Å². The molecule has 10 heteroatoms. The van der Waals surface area contributed by atoms with Gasteiger partial charge in [0.1, 0.15) is 18.7 Å². The number of rotatable bonds is 11. The number of ketones is 1. The molecule has 0 aliphatic carbocycles. The quantitative estimate of drug-likeness (QED) is 0.386. The number of hydrogen-bond donors (Lipinski definition) is 3. The summed E-state index contributed by atoms with van der Waals surface area (Å²) < 4.78 is 10.5. The van der Waals surface area contributed by atoms with Crippen LogP contribution in [-0.2, 0) is 36.9 Å². The van der Waals surface area contributed by atoms with Crippen molar-refractivity contribution in [2.24, 2.45) is 5.73 Å². The Morgan fingerprint density at radius 2 is 1.76 bits per heavy atom. The van der Waals surface area contributed by atoms with Crippen LogP contribution in [0.5, 0.6) is 0 Å². The molecule has 2 aromatic rings. The summed E-state index contributed by atoms with van der Waals surface area (Å²) in [6.07, 6.45) is -0.599. The summed E-state index contributed by atoms with van der Waals surface area (Å²) >= 11 is 0. The van der Waals surface area contributed by atoms with Gasteiger partial charge in [-0.05, 0) is 43.4 Å². The lowest BCUT2D eigenvalue weighted by molar-refractivity contribution is -0.159. The van der Waals surface area contributed by atoms with Crippen molar-refractivity contribution in [1.29, 1.82) is 0 Å². The van der Waals surface area contributed by atoms with Crippen molar-refractivity contribution in [1.82, 2.24) is 10.2 Å². The van der Waals surface area contributed by atoms with Gasteiger partial charge in [-0.1, -0.05) is 54.6 Å². The smallest absolute Gasteiger partial charge is 0.407 e. The number of alkyl carbamates (subject to hydrolysis) is 1. The van der Waals surface area contributed by atoms with E-state index in [9.17, 15) is 24.3 Å². The SMILES string of the molecule is CCOC(=O)C(CCNC(=O)OCc1ccccc1)N1C(C(=O)O)Cc2ccccc2C1C(=O)[C@H](C)N. The van der Waals surface area contributed by atoms with Crippen LogP contribution in [0.1, 0.15) is 43.0 Å². The van der Waals surface area contributed by atoms with Gasteiger partial charge < -0.3 is 25.6 Å². The van der Waals surface area contributed by atoms with Crippen LogP contribution in [0.25, 0.3) is 0 Å². The molecule has 198 valence electrons. The maximum Gasteiger partial charge on any atom is 0.407 e. The van der Waals surface area contributed by atoms with Crippen molar-refractivity contribution >= 4 is 23.8 Å². The Bertz CT molecular complexity index is 1110. The Balaban J connectivity index is 1.85. The highest BCUT2D eigenvalue weighted by Gasteiger charge is 2.47. The number of nitrogens with two attached hydrogens (primary N) is 1. The largest absolute Gasteiger partial charge is 0.480 e. The lowest BCUT2D eigenvalue weighted by atomic mass is 9.83. The van der Waals surface area contributed by atoms with E-state index in [0.717, 1.165) is 5.56 Å². The monoisotopic (exact) mass is 511 g/mol. The Hall–Kier alpha value is -3.76.